The lowest BCUT2D eigenvalue weighted by atomic mass is 9.63. The molecule has 2 aliphatic heterocycles. The Hall–Kier alpha value is -0.120. The highest BCUT2D eigenvalue weighted by Gasteiger charge is 2.57. The van der Waals surface area contributed by atoms with Gasteiger partial charge in [-0.15, -0.1) is 0 Å². The van der Waals surface area contributed by atoms with Crippen LogP contribution in [0.4, 0.5) is 0 Å². The van der Waals surface area contributed by atoms with Crippen LogP contribution in [-0.4, -0.2) is 43.5 Å². The summed E-state index contributed by atoms with van der Waals surface area (Å²) in [7, 11) is 0. The van der Waals surface area contributed by atoms with Gasteiger partial charge in [-0.25, -0.2) is 0 Å². The number of fused-ring (bicyclic) bond motifs is 2. The fraction of sp³-hybridized carbons (Fsp3) is 1.00. The monoisotopic (exact) mass is 307 g/mol. The van der Waals surface area contributed by atoms with Gasteiger partial charge >= 0.3 is 0 Å². The minimum atomic E-state index is 0.0610. The van der Waals surface area contributed by atoms with Crippen molar-refractivity contribution in [2.75, 3.05) is 26.2 Å². The average Bonchev–Trinajstić information content (AvgIpc) is 3.14. The van der Waals surface area contributed by atoms with E-state index in [0.29, 0.717) is 16.9 Å². The van der Waals surface area contributed by atoms with Gasteiger partial charge in [0, 0.05) is 13.0 Å². The van der Waals surface area contributed by atoms with Crippen LogP contribution < -0.4 is 0 Å². The van der Waals surface area contributed by atoms with Crippen molar-refractivity contribution in [2.45, 2.75) is 77.6 Å². The Balaban J connectivity index is 1.31. The van der Waals surface area contributed by atoms with Crippen molar-refractivity contribution in [1.82, 2.24) is 4.90 Å². The molecule has 0 N–H and O–H groups in total. The minimum Gasteiger partial charge on any atom is -0.350 e. The Bertz CT molecular complexity index is 404. The van der Waals surface area contributed by atoms with Gasteiger partial charge in [-0.3, -0.25) is 0 Å². The summed E-state index contributed by atoms with van der Waals surface area (Å²) in [5, 5.41) is 0. The van der Waals surface area contributed by atoms with Crippen molar-refractivity contribution in [3.63, 3.8) is 0 Å². The molecule has 0 radical (unpaired) electrons. The second-order valence-corrected chi connectivity index (χ2v) is 9.06. The number of piperidine rings is 1. The number of nitrogens with zero attached hydrogens (tertiary/aromatic N) is 1. The van der Waals surface area contributed by atoms with Gasteiger partial charge in [-0.2, -0.15) is 0 Å². The number of ether oxygens (including phenoxy) is 2. The molecular weight excluding hydrogens is 274 g/mol. The number of hydrogen-bond acceptors (Lipinski definition) is 3. The van der Waals surface area contributed by atoms with Gasteiger partial charge in [-0.1, -0.05) is 20.3 Å². The van der Waals surface area contributed by atoms with Crippen molar-refractivity contribution in [1.29, 1.82) is 0 Å². The number of hydrogen-bond donors (Lipinski definition) is 0. The van der Waals surface area contributed by atoms with Crippen molar-refractivity contribution >= 4 is 0 Å². The van der Waals surface area contributed by atoms with Crippen molar-refractivity contribution in [3.8, 4) is 0 Å². The molecule has 126 valence electrons. The summed E-state index contributed by atoms with van der Waals surface area (Å²) >= 11 is 0. The van der Waals surface area contributed by atoms with Crippen molar-refractivity contribution < 1.29 is 9.47 Å². The van der Waals surface area contributed by atoms with Crippen LogP contribution in [0.15, 0.2) is 0 Å². The topological polar surface area (TPSA) is 21.7 Å². The summed E-state index contributed by atoms with van der Waals surface area (Å²) in [4.78, 5) is 2.57. The summed E-state index contributed by atoms with van der Waals surface area (Å²) in [5.41, 5.74) is 0.968. The molecule has 2 heterocycles. The van der Waals surface area contributed by atoms with E-state index in [2.05, 4.69) is 18.7 Å². The normalized spacial score (nSPS) is 44.7. The Morgan fingerprint density at radius 2 is 1.91 bits per heavy atom. The standard InChI is InChI=1S/C19H33NO2/c1-18(2)10-15-6-7-19(18,11-15)12-17-21-14-16(22-17)13-20-8-4-3-5-9-20/h15-17H,3-14H2,1-2H3/t15-,16+,17+,19-/m0/s1. The molecule has 4 aliphatic rings. The van der Waals surface area contributed by atoms with Gasteiger partial charge in [-0.05, 0) is 68.4 Å². The summed E-state index contributed by atoms with van der Waals surface area (Å²) in [5.74, 6) is 0.973. The fourth-order valence-electron chi connectivity index (χ4n) is 5.89. The molecule has 2 saturated heterocycles. The van der Waals surface area contributed by atoms with Gasteiger partial charge in [0.1, 0.15) is 0 Å². The molecule has 2 saturated carbocycles. The summed E-state index contributed by atoms with van der Waals surface area (Å²) in [6.07, 6.45) is 11.3. The van der Waals surface area contributed by atoms with Crippen LogP contribution in [0.3, 0.4) is 0 Å². The summed E-state index contributed by atoms with van der Waals surface area (Å²) in [6.45, 7) is 9.35. The third kappa shape index (κ3) is 2.74. The lowest BCUT2D eigenvalue weighted by molar-refractivity contribution is -0.105. The lowest BCUT2D eigenvalue weighted by Gasteiger charge is -2.43. The predicted octanol–water partition coefficient (Wildman–Crippen LogP) is 3.82. The van der Waals surface area contributed by atoms with Gasteiger partial charge in [0.25, 0.3) is 0 Å². The first-order chi connectivity index (χ1) is 10.6. The molecule has 0 spiro atoms. The van der Waals surface area contributed by atoms with E-state index in [4.69, 9.17) is 9.47 Å². The molecule has 22 heavy (non-hydrogen) atoms. The lowest BCUT2D eigenvalue weighted by Crippen LogP contribution is -2.38. The van der Waals surface area contributed by atoms with Crippen LogP contribution in [0, 0.1) is 16.7 Å². The summed E-state index contributed by atoms with van der Waals surface area (Å²) in [6, 6.07) is 0. The third-order valence-electron chi connectivity index (χ3n) is 7.23. The molecule has 4 fully saturated rings. The van der Waals surface area contributed by atoms with Crippen LogP contribution in [0.2, 0.25) is 0 Å². The first kappa shape index (κ1) is 15.4. The SMILES string of the molecule is CC1(C)C[C@@H]2CC[C@@]1(C[C@@H]1OC[C@@H](CN3CCCCC3)O1)C2. The first-order valence-electron chi connectivity index (χ1n) is 9.56. The van der Waals surface area contributed by atoms with Crippen LogP contribution in [0.1, 0.15) is 65.2 Å². The molecule has 0 aromatic heterocycles. The van der Waals surface area contributed by atoms with Crippen LogP contribution >= 0.6 is 0 Å². The van der Waals surface area contributed by atoms with E-state index in [1.807, 2.05) is 0 Å². The third-order valence-corrected chi connectivity index (χ3v) is 7.23. The Morgan fingerprint density at radius 3 is 2.59 bits per heavy atom. The van der Waals surface area contributed by atoms with E-state index in [9.17, 15) is 0 Å². The second-order valence-electron chi connectivity index (χ2n) is 9.06. The molecular formula is C19H33NO2. The maximum absolute atomic E-state index is 6.30. The highest BCUT2D eigenvalue weighted by Crippen LogP contribution is 2.66. The van der Waals surface area contributed by atoms with Gasteiger partial charge in [0.15, 0.2) is 6.29 Å². The molecule has 0 aromatic rings. The minimum absolute atomic E-state index is 0.0610. The quantitative estimate of drug-likeness (QED) is 0.788. The van der Waals surface area contributed by atoms with E-state index in [-0.39, 0.29) is 6.29 Å². The van der Waals surface area contributed by atoms with E-state index in [1.165, 1.54) is 58.0 Å². The zero-order valence-electron chi connectivity index (χ0n) is 14.5. The molecule has 4 atom stereocenters. The molecule has 0 unspecified atom stereocenters. The highest BCUT2D eigenvalue weighted by atomic mass is 16.7. The number of likely N-dealkylation sites (tertiary alicyclic amines) is 1. The van der Waals surface area contributed by atoms with E-state index < -0.39 is 0 Å². The van der Waals surface area contributed by atoms with Gasteiger partial charge in [0.05, 0.1) is 12.7 Å². The molecule has 4 rings (SSSR count). The largest absolute Gasteiger partial charge is 0.350 e. The molecule has 0 amide bonds. The van der Waals surface area contributed by atoms with Crippen LogP contribution in [0.25, 0.3) is 0 Å². The van der Waals surface area contributed by atoms with E-state index >= 15 is 0 Å². The maximum atomic E-state index is 6.30. The fourth-order valence-corrected chi connectivity index (χ4v) is 5.89. The predicted molar refractivity (Wildman–Crippen MR) is 87.7 cm³/mol. The van der Waals surface area contributed by atoms with Crippen molar-refractivity contribution in [2.24, 2.45) is 16.7 Å². The average molecular weight is 307 g/mol. The Labute approximate surface area is 135 Å². The van der Waals surface area contributed by atoms with E-state index in [1.54, 1.807) is 0 Å². The van der Waals surface area contributed by atoms with E-state index in [0.717, 1.165) is 25.5 Å². The maximum Gasteiger partial charge on any atom is 0.158 e. The highest BCUT2D eigenvalue weighted by molar-refractivity contribution is 5.06. The Morgan fingerprint density at radius 1 is 1.09 bits per heavy atom. The van der Waals surface area contributed by atoms with Gasteiger partial charge in [0.2, 0.25) is 0 Å². The zero-order valence-corrected chi connectivity index (χ0v) is 14.5. The molecule has 2 bridgehead atoms. The first-order valence-corrected chi connectivity index (χ1v) is 9.56. The zero-order chi connectivity index (χ0) is 15.2. The van der Waals surface area contributed by atoms with Crippen LogP contribution in [-0.2, 0) is 9.47 Å². The van der Waals surface area contributed by atoms with Gasteiger partial charge < -0.3 is 14.4 Å². The Kier molecular flexibility index (Phi) is 4.03. The van der Waals surface area contributed by atoms with Crippen LogP contribution in [0.5, 0.6) is 0 Å². The molecule has 0 aromatic carbocycles. The second kappa shape index (κ2) is 5.75. The molecule has 3 heteroatoms. The van der Waals surface area contributed by atoms with Crippen molar-refractivity contribution in [3.05, 3.63) is 0 Å². The molecule has 3 nitrogen and oxygen atoms in total. The number of rotatable bonds is 4. The summed E-state index contributed by atoms with van der Waals surface area (Å²) < 4.78 is 12.4. The smallest absolute Gasteiger partial charge is 0.158 e. The molecule has 2 aliphatic carbocycles.